The minimum Gasteiger partial charge on any atom is -0.493 e. The van der Waals surface area contributed by atoms with Gasteiger partial charge in [0.2, 0.25) is 5.75 Å². The maximum absolute atomic E-state index is 12.5. The van der Waals surface area contributed by atoms with Gasteiger partial charge >= 0.3 is 5.97 Å². The third-order valence-corrected chi connectivity index (χ3v) is 6.31. The van der Waals surface area contributed by atoms with Crippen molar-refractivity contribution >= 4 is 21.7 Å². The molecule has 10 heteroatoms. The van der Waals surface area contributed by atoms with Crippen LogP contribution in [-0.4, -0.2) is 77.2 Å². The fourth-order valence-corrected chi connectivity index (χ4v) is 4.94. The zero-order valence-corrected chi connectivity index (χ0v) is 17.2. The summed E-state index contributed by atoms with van der Waals surface area (Å²) >= 11 is 0. The van der Waals surface area contributed by atoms with E-state index in [4.69, 9.17) is 18.9 Å². The summed E-state index contributed by atoms with van der Waals surface area (Å²) in [5.74, 6) is -0.468. The van der Waals surface area contributed by atoms with Crippen molar-refractivity contribution in [2.45, 2.75) is 19.4 Å². The molecule has 28 heavy (non-hydrogen) atoms. The number of carbonyl (C=O) groups is 2. The number of methoxy groups -OCH3 is 3. The molecular weight excluding hydrogens is 390 g/mol. The lowest BCUT2D eigenvalue weighted by Gasteiger charge is -2.26. The summed E-state index contributed by atoms with van der Waals surface area (Å²) in [6.45, 7) is 1.58. The monoisotopic (exact) mass is 415 g/mol. The number of benzene rings is 1. The minimum absolute atomic E-state index is 0.0596. The highest BCUT2D eigenvalue weighted by molar-refractivity contribution is 7.91. The van der Waals surface area contributed by atoms with Crippen molar-refractivity contribution in [1.29, 1.82) is 0 Å². The van der Waals surface area contributed by atoms with Gasteiger partial charge in [0.05, 0.1) is 32.8 Å². The second kappa shape index (κ2) is 9.13. The molecule has 2 rings (SSSR count). The number of sulfone groups is 1. The van der Waals surface area contributed by atoms with Crippen LogP contribution in [0.25, 0.3) is 0 Å². The van der Waals surface area contributed by atoms with Crippen LogP contribution in [0.15, 0.2) is 12.1 Å². The summed E-state index contributed by atoms with van der Waals surface area (Å²) in [5, 5.41) is 0. The number of amides is 1. The summed E-state index contributed by atoms with van der Waals surface area (Å²) in [7, 11) is 1.11. The molecule has 0 bridgehead atoms. The van der Waals surface area contributed by atoms with Crippen molar-refractivity contribution < 1.29 is 37.0 Å². The largest absolute Gasteiger partial charge is 0.493 e. The quantitative estimate of drug-likeness (QED) is 0.577. The number of hydrogen-bond donors (Lipinski definition) is 0. The van der Waals surface area contributed by atoms with E-state index in [1.807, 2.05) is 0 Å². The van der Waals surface area contributed by atoms with Crippen LogP contribution in [0.5, 0.6) is 17.2 Å². The molecule has 0 saturated carbocycles. The molecule has 1 atom stereocenters. The highest BCUT2D eigenvalue weighted by Gasteiger charge is 2.34. The van der Waals surface area contributed by atoms with Crippen LogP contribution >= 0.6 is 0 Å². The predicted molar refractivity (Wildman–Crippen MR) is 101 cm³/mol. The highest BCUT2D eigenvalue weighted by Crippen LogP contribution is 2.39. The van der Waals surface area contributed by atoms with E-state index in [-0.39, 0.29) is 28.6 Å². The average molecular weight is 415 g/mol. The molecule has 0 unspecified atom stereocenters. The number of esters is 1. The summed E-state index contributed by atoms with van der Waals surface area (Å²) in [6.07, 6.45) is 0.388. The minimum atomic E-state index is -3.13. The number of ether oxygens (including phenoxy) is 4. The molecule has 0 N–H and O–H groups in total. The van der Waals surface area contributed by atoms with Crippen LogP contribution in [0.1, 0.15) is 23.7 Å². The lowest BCUT2D eigenvalue weighted by molar-refractivity contribution is -0.136. The summed E-state index contributed by atoms with van der Waals surface area (Å²) in [6, 6.07) is 2.59. The second-order valence-corrected chi connectivity index (χ2v) is 8.42. The van der Waals surface area contributed by atoms with Gasteiger partial charge in [0.25, 0.3) is 5.91 Å². The smallest absolute Gasteiger partial charge is 0.342 e. The highest BCUT2D eigenvalue weighted by atomic mass is 32.2. The molecule has 1 aliphatic heterocycles. The maximum Gasteiger partial charge on any atom is 0.342 e. The Morgan fingerprint density at radius 3 is 2.29 bits per heavy atom. The van der Waals surface area contributed by atoms with E-state index in [1.165, 1.54) is 38.4 Å². The number of nitrogens with zero attached hydrogens (tertiary/aromatic N) is 1. The number of rotatable bonds is 8. The van der Waals surface area contributed by atoms with E-state index in [2.05, 4.69) is 0 Å². The molecule has 0 spiro atoms. The van der Waals surface area contributed by atoms with Crippen molar-refractivity contribution in [3.05, 3.63) is 17.7 Å². The van der Waals surface area contributed by atoms with Gasteiger partial charge in [0.15, 0.2) is 27.9 Å². The Hall–Kier alpha value is -2.49. The standard InChI is InChI=1S/C18H25NO8S/c1-5-19(12-8-9-28(22,23)11-12)15(20)10-27-18(21)13-6-7-14(24-2)17(26-4)16(13)25-3/h6-7,12H,5,8-11H2,1-4H3/t12-/m1/s1. The Labute approximate surface area is 164 Å². The van der Waals surface area contributed by atoms with Gasteiger partial charge in [-0.2, -0.15) is 0 Å². The molecule has 1 saturated heterocycles. The second-order valence-electron chi connectivity index (χ2n) is 6.19. The van der Waals surface area contributed by atoms with Crippen LogP contribution in [0.3, 0.4) is 0 Å². The van der Waals surface area contributed by atoms with Crippen molar-refractivity contribution in [2.24, 2.45) is 0 Å². The zero-order valence-electron chi connectivity index (χ0n) is 16.4. The third-order valence-electron chi connectivity index (χ3n) is 4.56. The molecule has 0 aliphatic carbocycles. The van der Waals surface area contributed by atoms with Gasteiger partial charge in [-0.15, -0.1) is 0 Å². The first kappa shape index (κ1) is 21.8. The summed E-state index contributed by atoms with van der Waals surface area (Å²) in [5.41, 5.74) is 0.0828. The first-order valence-electron chi connectivity index (χ1n) is 8.73. The fourth-order valence-electron chi connectivity index (χ4n) is 3.21. The number of likely N-dealkylation sites (N-methyl/N-ethyl adjacent to an activating group) is 1. The van der Waals surface area contributed by atoms with Crippen LogP contribution in [0.4, 0.5) is 0 Å². The fraction of sp³-hybridized carbons (Fsp3) is 0.556. The molecule has 0 radical (unpaired) electrons. The van der Waals surface area contributed by atoms with Crippen LogP contribution in [0.2, 0.25) is 0 Å². The molecule has 1 aliphatic rings. The first-order chi connectivity index (χ1) is 13.3. The number of hydrogen-bond acceptors (Lipinski definition) is 8. The molecule has 0 aromatic heterocycles. The topological polar surface area (TPSA) is 108 Å². The van der Waals surface area contributed by atoms with Crippen LogP contribution in [-0.2, 0) is 19.4 Å². The van der Waals surface area contributed by atoms with E-state index >= 15 is 0 Å². The zero-order chi connectivity index (χ0) is 20.9. The summed E-state index contributed by atoms with van der Waals surface area (Å²) in [4.78, 5) is 26.4. The van der Waals surface area contributed by atoms with Gasteiger partial charge < -0.3 is 23.8 Å². The van der Waals surface area contributed by atoms with E-state index in [1.54, 1.807) is 6.92 Å². The van der Waals surface area contributed by atoms with E-state index in [0.717, 1.165) is 0 Å². The molecule has 1 aromatic carbocycles. The van der Waals surface area contributed by atoms with Crippen LogP contribution < -0.4 is 14.2 Å². The van der Waals surface area contributed by atoms with E-state index < -0.39 is 34.4 Å². The van der Waals surface area contributed by atoms with Crippen molar-refractivity contribution in [1.82, 2.24) is 4.90 Å². The molecule has 1 heterocycles. The Morgan fingerprint density at radius 2 is 1.79 bits per heavy atom. The van der Waals surface area contributed by atoms with Crippen molar-refractivity contribution in [3.8, 4) is 17.2 Å². The Kier molecular flexibility index (Phi) is 7.11. The normalized spacial score (nSPS) is 17.6. The van der Waals surface area contributed by atoms with E-state index in [9.17, 15) is 18.0 Å². The summed E-state index contributed by atoms with van der Waals surface area (Å²) < 4.78 is 44.1. The Bertz CT molecular complexity index is 836. The van der Waals surface area contributed by atoms with Gasteiger partial charge in [-0.1, -0.05) is 0 Å². The molecule has 1 fully saturated rings. The van der Waals surface area contributed by atoms with Crippen molar-refractivity contribution in [3.63, 3.8) is 0 Å². The van der Waals surface area contributed by atoms with Gasteiger partial charge in [-0.3, -0.25) is 4.79 Å². The Balaban J connectivity index is 2.10. The molecule has 1 amide bonds. The van der Waals surface area contributed by atoms with Gasteiger partial charge in [-0.25, -0.2) is 13.2 Å². The SMILES string of the molecule is CCN(C(=O)COC(=O)c1ccc(OC)c(OC)c1OC)[C@@H]1CCS(=O)(=O)C1. The first-order valence-corrected chi connectivity index (χ1v) is 10.6. The lowest BCUT2D eigenvalue weighted by atomic mass is 10.1. The third kappa shape index (κ3) is 4.67. The van der Waals surface area contributed by atoms with Gasteiger partial charge in [0, 0.05) is 12.6 Å². The predicted octanol–water partition coefficient (Wildman–Crippen LogP) is 0.905. The van der Waals surface area contributed by atoms with Crippen LogP contribution in [0, 0.1) is 0 Å². The maximum atomic E-state index is 12.5. The molecule has 9 nitrogen and oxygen atoms in total. The lowest BCUT2D eigenvalue weighted by Crippen LogP contribution is -2.43. The molecule has 156 valence electrons. The number of carbonyl (C=O) groups excluding carboxylic acids is 2. The van der Waals surface area contributed by atoms with Gasteiger partial charge in [-0.05, 0) is 25.5 Å². The molecule has 1 aromatic rings. The Morgan fingerprint density at radius 1 is 1.11 bits per heavy atom. The average Bonchev–Trinajstić information content (AvgIpc) is 3.04. The molecular formula is C18H25NO8S. The van der Waals surface area contributed by atoms with Crippen molar-refractivity contribution in [2.75, 3.05) is 46.0 Å². The van der Waals surface area contributed by atoms with E-state index in [0.29, 0.717) is 18.7 Å². The van der Waals surface area contributed by atoms with Gasteiger partial charge in [0.1, 0.15) is 5.56 Å².